The maximum atomic E-state index is 14.1. The van der Waals surface area contributed by atoms with E-state index in [2.05, 4.69) is 15.9 Å². The lowest BCUT2D eigenvalue weighted by Gasteiger charge is -2.35. The number of hydrogen-bond donors (Lipinski definition) is 1. The van der Waals surface area contributed by atoms with Crippen LogP contribution < -0.4 is 10.6 Å². The van der Waals surface area contributed by atoms with E-state index in [9.17, 15) is 9.18 Å². The van der Waals surface area contributed by atoms with Crippen molar-refractivity contribution in [3.8, 4) is 0 Å². The fourth-order valence-electron chi connectivity index (χ4n) is 3.50. The number of hydrogen-bond acceptors (Lipinski definition) is 4. The number of carbonyl (C=O) groups is 1. The van der Waals surface area contributed by atoms with Crippen molar-refractivity contribution in [1.29, 1.82) is 0 Å². The molecule has 3 rings (SSSR count). The van der Waals surface area contributed by atoms with Gasteiger partial charge in [0.15, 0.2) is 0 Å². The molecule has 2 aliphatic heterocycles. The van der Waals surface area contributed by atoms with Crippen LogP contribution in [0.1, 0.15) is 42.5 Å². The van der Waals surface area contributed by atoms with Crippen molar-refractivity contribution in [3.05, 3.63) is 28.0 Å². The normalized spacial score (nSPS) is 22.2. The average Bonchev–Trinajstić information content (AvgIpc) is 2.60. The van der Waals surface area contributed by atoms with E-state index >= 15 is 0 Å². The quantitative estimate of drug-likeness (QED) is 0.802. The topological polar surface area (TPSA) is 64.8 Å². The lowest BCUT2D eigenvalue weighted by atomic mass is 10.0. The third kappa shape index (κ3) is 4.71. The highest BCUT2D eigenvalue weighted by Gasteiger charge is 2.26. The zero-order valence-electron chi connectivity index (χ0n) is 14.2. The van der Waals surface area contributed by atoms with Gasteiger partial charge in [0.25, 0.3) is 5.91 Å². The van der Waals surface area contributed by atoms with Crippen molar-refractivity contribution in [2.24, 2.45) is 5.73 Å². The standard InChI is InChI=1S/C18H24BrFN2O3/c19-12-9-15(20)17(18(21)23)16(10-12)22-6-4-13(5-7-22)25-11-14-3-1-2-8-24-14/h9-10,13-14H,1-8,11H2,(H2,21,23). The number of primary amides is 1. The minimum absolute atomic E-state index is 0.0434. The smallest absolute Gasteiger partial charge is 0.253 e. The fraction of sp³-hybridized carbons (Fsp3) is 0.611. The Hall–Kier alpha value is -1.18. The molecule has 0 spiro atoms. The van der Waals surface area contributed by atoms with Crippen molar-refractivity contribution < 1.29 is 18.7 Å². The Bertz CT molecular complexity index is 615. The van der Waals surface area contributed by atoms with Gasteiger partial charge >= 0.3 is 0 Å². The molecule has 1 aromatic rings. The highest BCUT2D eigenvalue weighted by atomic mass is 79.9. The molecular weight excluding hydrogens is 391 g/mol. The monoisotopic (exact) mass is 414 g/mol. The first-order valence-electron chi connectivity index (χ1n) is 8.81. The van der Waals surface area contributed by atoms with Gasteiger partial charge in [0.1, 0.15) is 5.82 Å². The van der Waals surface area contributed by atoms with Gasteiger partial charge in [0.2, 0.25) is 0 Å². The zero-order chi connectivity index (χ0) is 17.8. The second kappa shape index (κ2) is 8.47. The molecule has 2 aliphatic rings. The number of halogens is 2. The lowest BCUT2D eigenvalue weighted by Crippen LogP contribution is -2.39. The first-order chi connectivity index (χ1) is 12.0. The van der Waals surface area contributed by atoms with Gasteiger partial charge in [-0.2, -0.15) is 0 Å². The van der Waals surface area contributed by atoms with E-state index in [1.54, 1.807) is 6.07 Å². The number of benzene rings is 1. The molecule has 2 saturated heterocycles. The molecule has 7 heteroatoms. The second-order valence-corrected chi connectivity index (χ2v) is 7.57. The van der Waals surface area contributed by atoms with Gasteiger partial charge in [0, 0.05) is 24.2 Å². The maximum absolute atomic E-state index is 14.1. The molecule has 0 bridgehead atoms. The molecule has 2 N–H and O–H groups in total. The maximum Gasteiger partial charge on any atom is 0.253 e. The Morgan fingerprint density at radius 1 is 1.32 bits per heavy atom. The van der Waals surface area contributed by atoms with E-state index in [1.807, 2.05) is 4.90 Å². The highest BCUT2D eigenvalue weighted by Crippen LogP contribution is 2.30. The fourth-order valence-corrected chi connectivity index (χ4v) is 3.92. The van der Waals surface area contributed by atoms with Crippen LogP contribution in [-0.2, 0) is 9.47 Å². The summed E-state index contributed by atoms with van der Waals surface area (Å²) < 4.78 is 26.4. The lowest BCUT2D eigenvalue weighted by molar-refractivity contribution is -0.0672. The van der Waals surface area contributed by atoms with Gasteiger partial charge in [-0.15, -0.1) is 0 Å². The summed E-state index contributed by atoms with van der Waals surface area (Å²) in [5.74, 6) is -1.34. The van der Waals surface area contributed by atoms with Crippen LogP contribution in [0.5, 0.6) is 0 Å². The van der Waals surface area contributed by atoms with E-state index in [4.69, 9.17) is 15.2 Å². The summed E-state index contributed by atoms with van der Waals surface area (Å²) in [5, 5.41) is 0. The van der Waals surface area contributed by atoms with E-state index in [-0.39, 0.29) is 17.8 Å². The van der Waals surface area contributed by atoms with E-state index in [1.165, 1.54) is 12.5 Å². The van der Waals surface area contributed by atoms with Gasteiger partial charge in [-0.3, -0.25) is 4.79 Å². The van der Waals surface area contributed by atoms with Crippen molar-refractivity contribution >= 4 is 27.5 Å². The van der Waals surface area contributed by atoms with Crippen molar-refractivity contribution in [2.45, 2.75) is 44.3 Å². The zero-order valence-corrected chi connectivity index (χ0v) is 15.8. The molecule has 0 radical (unpaired) electrons. The molecule has 1 amide bonds. The summed E-state index contributed by atoms with van der Waals surface area (Å²) >= 11 is 3.29. The summed E-state index contributed by atoms with van der Waals surface area (Å²) in [6.45, 7) is 2.87. The van der Waals surface area contributed by atoms with Crippen molar-refractivity contribution in [3.63, 3.8) is 0 Å². The van der Waals surface area contributed by atoms with Crippen LogP contribution in [-0.4, -0.2) is 44.4 Å². The van der Waals surface area contributed by atoms with Crippen LogP contribution in [0.2, 0.25) is 0 Å². The van der Waals surface area contributed by atoms with Crippen LogP contribution in [0, 0.1) is 5.82 Å². The number of nitrogens with two attached hydrogens (primary N) is 1. The number of amides is 1. The number of anilines is 1. The minimum Gasteiger partial charge on any atom is -0.376 e. The van der Waals surface area contributed by atoms with Crippen LogP contribution in [0.4, 0.5) is 10.1 Å². The predicted octanol–water partition coefficient (Wildman–Crippen LogP) is 3.24. The Morgan fingerprint density at radius 3 is 2.72 bits per heavy atom. The van der Waals surface area contributed by atoms with Crippen molar-refractivity contribution in [2.75, 3.05) is 31.2 Å². The Kier molecular flexibility index (Phi) is 6.30. The van der Waals surface area contributed by atoms with Crippen LogP contribution in [0.25, 0.3) is 0 Å². The number of piperidine rings is 1. The van der Waals surface area contributed by atoms with Crippen LogP contribution in [0.3, 0.4) is 0 Å². The number of nitrogens with zero attached hydrogens (tertiary/aromatic N) is 1. The predicted molar refractivity (Wildman–Crippen MR) is 97.4 cm³/mol. The van der Waals surface area contributed by atoms with Gasteiger partial charge in [0.05, 0.1) is 30.1 Å². The number of ether oxygens (including phenoxy) is 2. The molecule has 2 heterocycles. The highest BCUT2D eigenvalue weighted by molar-refractivity contribution is 9.10. The van der Waals surface area contributed by atoms with Gasteiger partial charge in [-0.05, 0) is 44.2 Å². The van der Waals surface area contributed by atoms with E-state index < -0.39 is 11.7 Å². The molecule has 2 fully saturated rings. The van der Waals surface area contributed by atoms with Crippen molar-refractivity contribution in [1.82, 2.24) is 0 Å². The third-order valence-corrected chi connectivity index (χ3v) is 5.31. The van der Waals surface area contributed by atoms with Crippen LogP contribution in [0.15, 0.2) is 16.6 Å². The molecular formula is C18H24BrFN2O3. The summed E-state index contributed by atoms with van der Waals surface area (Å²) in [7, 11) is 0. The van der Waals surface area contributed by atoms with E-state index in [0.717, 1.165) is 32.3 Å². The summed E-state index contributed by atoms with van der Waals surface area (Å²) in [6, 6.07) is 3.02. The minimum atomic E-state index is -0.743. The SMILES string of the molecule is NC(=O)c1c(F)cc(Br)cc1N1CCC(OCC2CCCCO2)CC1. The summed E-state index contributed by atoms with van der Waals surface area (Å²) in [5.41, 5.74) is 5.88. The molecule has 0 aliphatic carbocycles. The summed E-state index contributed by atoms with van der Waals surface area (Å²) in [4.78, 5) is 13.6. The molecule has 1 atom stereocenters. The van der Waals surface area contributed by atoms with Gasteiger partial charge < -0.3 is 20.1 Å². The third-order valence-electron chi connectivity index (χ3n) is 4.86. The first kappa shape index (κ1) is 18.6. The number of rotatable bonds is 5. The first-order valence-corrected chi connectivity index (χ1v) is 9.61. The Labute approximate surface area is 155 Å². The van der Waals surface area contributed by atoms with Gasteiger partial charge in [-0.25, -0.2) is 4.39 Å². The molecule has 0 aromatic heterocycles. The Balaban J connectivity index is 1.58. The second-order valence-electron chi connectivity index (χ2n) is 6.65. The number of carbonyl (C=O) groups excluding carboxylic acids is 1. The molecule has 5 nitrogen and oxygen atoms in total. The molecule has 138 valence electrons. The molecule has 1 unspecified atom stereocenters. The Morgan fingerprint density at radius 2 is 2.08 bits per heavy atom. The van der Waals surface area contributed by atoms with E-state index in [0.29, 0.717) is 29.9 Å². The molecule has 1 aromatic carbocycles. The molecule has 0 saturated carbocycles. The summed E-state index contributed by atoms with van der Waals surface area (Å²) in [6.07, 6.45) is 5.47. The largest absolute Gasteiger partial charge is 0.376 e. The molecule has 25 heavy (non-hydrogen) atoms. The van der Waals surface area contributed by atoms with Crippen LogP contribution >= 0.6 is 15.9 Å². The average molecular weight is 415 g/mol. The van der Waals surface area contributed by atoms with Gasteiger partial charge in [-0.1, -0.05) is 15.9 Å².